The highest BCUT2D eigenvalue weighted by atomic mass is 32.1. The Morgan fingerprint density at radius 1 is 1.06 bits per heavy atom. The maximum absolute atomic E-state index is 13.9. The summed E-state index contributed by atoms with van der Waals surface area (Å²) in [6.07, 6.45) is 0. The first-order chi connectivity index (χ1) is 14.7. The Hall–Kier alpha value is -3.39. The lowest BCUT2D eigenvalue weighted by molar-refractivity contribution is -0.128. The van der Waals surface area contributed by atoms with Crippen LogP contribution in [0.3, 0.4) is 0 Å². The topological polar surface area (TPSA) is 67.8 Å². The Morgan fingerprint density at radius 3 is 2.35 bits per heavy atom. The third kappa shape index (κ3) is 3.86. The number of anilines is 1. The van der Waals surface area contributed by atoms with Crippen molar-refractivity contribution in [2.24, 2.45) is 5.16 Å². The first-order valence-electron chi connectivity index (χ1n) is 9.45. The molecule has 0 atom stereocenters. The van der Waals surface area contributed by atoms with Gasteiger partial charge in [-0.15, -0.1) is 11.3 Å². The molecular weight excluding hydrogens is 422 g/mol. The Labute approximate surface area is 181 Å². The van der Waals surface area contributed by atoms with Crippen LogP contribution >= 0.6 is 11.3 Å². The van der Waals surface area contributed by atoms with Crippen LogP contribution in [0.15, 0.2) is 53.7 Å². The van der Waals surface area contributed by atoms with Gasteiger partial charge in [-0.1, -0.05) is 29.4 Å². The van der Waals surface area contributed by atoms with E-state index in [2.05, 4.69) is 10.5 Å². The summed E-state index contributed by atoms with van der Waals surface area (Å²) in [5.74, 6) is -2.50. The Morgan fingerprint density at radius 2 is 1.71 bits per heavy atom. The van der Waals surface area contributed by atoms with Gasteiger partial charge in [-0.05, 0) is 56.2 Å². The van der Waals surface area contributed by atoms with Crippen LogP contribution in [-0.2, 0) is 9.63 Å². The number of carbonyl (C=O) groups excluding carboxylic acids is 2. The summed E-state index contributed by atoms with van der Waals surface area (Å²) in [4.78, 5) is 31.5. The first kappa shape index (κ1) is 20.9. The number of Topliss-reactive ketones (excluding diaryl/α,β-unsaturated/α-hetero) is 1. The number of nitrogens with zero attached hydrogens (tertiary/aromatic N) is 1. The van der Waals surface area contributed by atoms with Crippen molar-refractivity contribution in [2.45, 2.75) is 26.4 Å². The summed E-state index contributed by atoms with van der Waals surface area (Å²) in [5, 5.41) is 6.24. The zero-order valence-corrected chi connectivity index (χ0v) is 17.8. The lowest BCUT2D eigenvalue weighted by Gasteiger charge is -2.11. The average molecular weight is 440 g/mol. The molecule has 0 aliphatic carbocycles. The van der Waals surface area contributed by atoms with Crippen LogP contribution in [0.1, 0.15) is 34.6 Å². The predicted molar refractivity (Wildman–Crippen MR) is 116 cm³/mol. The number of nitrogens with one attached hydrogen (secondary N) is 1. The number of para-hydroxylation sites is 1. The van der Waals surface area contributed by atoms with Crippen LogP contribution < -0.4 is 5.32 Å². The van der Waals surface area contributed by atoms with Crippen molar-refractivity contribution in [1.82, 2.24) is 0 Å². The van der Waals surface area contributed by atoms with Crippen LogP contribution in [0.25, 0.3) is 10.4 Å². The standard InChI is InChI=1S/C23H18F2N2O3S/c1-12-10-17(31-20(12)22(29)26-19-15(24)8-5-9-16(19)25)13-6-4-7-14(11-13)18-21(28)23(2,3)30-27-18/h4-11H,1-3H3,(H,26,29). The quantitative estimate of drug-likeness (QED) is 0.596. The van der Waals surface area contributed by atoms with Crippen LogP contribution in [0, 0.1) is 18.6 Å². The molecule has 1 amide bonds. The van der Waals surface area contributed by atoms with Gasteiger partial charge in [0.2, 0.25) is 5.78 Å². The molecular formula is C23H18F2N2O3S. The van der Waals surface area contributed by atoms with Crippen molar-refractivity contribution >= 4 is 34.4 Å². The molecule has 0 saturated carbocycles. The molecule has 0 unspecified atom stereocenters. The summed E-state index contributed by atoms with van der Waals surface area (Å²) in [5.41, 5.74) is 0.814. The van der Waals surface area contributed by atoms with E-state index in [0.717, 1.165) is 22.6 Å². The van der Waals surface area contributed by atoms with E-state index in [1.54, 1.807) is 39.0 Å². The first-order valence-corrected chi connectivity index (χ1v) is 10.3. The number of hydrogen-bond acceptors (Lipinski definition) is 5. The van der Waals surface area contributed by atoms with Crippen LogP contribution in [-0.4, -0.2) is 23.0 Å². The maximum Gasteiger partial charge on any atom is 0.266 e. The number of oxime groups is 1. The van der Waals surface area contributed by atoms with Gasteiger partial charge >= 0.3 is 0 Å². The average Bonchev–Trinajstić information content (AvgIpc) is 3.24. The predicted octanol–water partition coefficient (Wildman–Crippen LogP) is 5.34. The molecule has 1 aliphatic rings. The SMILES string of the molecule is Cc1cc(-c2cccc(C3=NOC(C)(C)C3=O)c2)sc1C(=O)Nc1c(F)cccc1F. The fraction of sp³-hybridized carbons (Fsp3) is 0.174. The highest BCUT2D eigenvalue weighted by molar-refractivity contribution is 7.17. The van der Waals surface area contributed by atoms with E-state index in [-0.39, 0.29) is 11.5 Å². The van der Waals surface area contributed by atoms with Crippen LogP contribution in [0.5, 0.6) is 0 Å². The molecule has 5 nitrogen and oxygen atoms in total. The molecule has 0 fully saturated rings. The minimum absolute atomic E-state index is 0.209. The third-order valence-electron chi connectivity index (χ3n) is 4.87. The number of amides is 1. The van der Waals surface area contributed by atoms with E-state index >= 15 is 0 Å². The van der Waals surface area contributed by atoms with Gasteiger partial charge in [-0.2, -0.15) is 0 Å². The zero-order chi connectivity index (χ0) is 22.3. The van der Waals surface area contributed by atoms with E-state index in [0.29, 0.717) is 16.0 Å². The number of halogens is 2. The van der Waals surface area contributed by atoms with Gasteiger partial charge < -0.3 is 10.2 Å². The maximum atomic E-state index is 13.9. The number of aryl methyl sites for hydroxylation is 1. The summed E-state index contributed by atoms with van der Waals surface area (Å²) >= 11 is 1.19. The molecule has 1 N–H and O–H groups in total. The van der Waals surface area contributed by atoms with E-state index < -0.39 is 28.8 Å². The van der Waals surface area contributed by atoms with E-state index in [1.165, 1.54) is 17.4 Å². The molecule has 3 aromatic rings. The molecule has 2 heterocycles. The van der Waals surface area contributed by atoms with E-state index in [9.17, 15) is 18.4 Å². The number of hydrogen-bond donors (Lipinski definition) is 1. The van der Waals surface area contributed by atoms with E-state index in [4.69, 9.17) is 4.84 Å². The minimum atomic E-state index is -1.00. The number of ketones is 1. The van der Waals surface area contributed by atoms with Gasteiger partial charge in [0.1, 0.15) is 17.3 Å². The molecule has 1 aromatic heterocycles. The molecule has 8 heteroatoms. The second-order valence-corrected chi connectivity index (χ2v) is 8.68. The van der Waals surface area contributed by atoms with Crippen LogP contribution in [0.2, 0.25) is 0 Å². The van der Waals surface area contributed by atoms with Crippen molar-refractivity contribution in [2.75, 3.05) is 5.32 Å². The lowest BCUT2D eigenvalue weighted by atomic mass is 9.95. The Bertz CT molecular complexity index is 1230. The molecule has 0 bridgehead atoms. The van der Waals surface area contributed by atoms with Crippen molar-refractivity contribution in [3.8, 4) is 10.4 Å². The second-order valence-electron chi connectivity index (χ2n) is 7.62. The van der Waals surface area contributed by atoms with Gasteiger partial charge in [0.05, 0.1) is 4.88 Å². The molecule has 158 valence electrons. The molecule has 0 saturated heterocycles. The van der Waals surface area contributed by atoms with Crippen molar-refractivity contribution in [3.05, 3.63) is 76.2 Å². The number of benzene rings is 2. The highest BCUT2D eigenvalue weighted by Gasteiger charge is 2.40. The fourth-order valence-electron chi connectivity index (χ4n) is 3.17. The van der Waals surface area contributed by atoms with Crippen molar-refractivity contribution in [1.29, 1.82) is 0 Å². The minimum Gasteiger partial charge on any atom is -0.381 e. The molecule has 0 radical (unpaired) electrons. The van der Waals surface area contributed by atoms with Gasteiger partial charge in [0.15, 0.2) is 11.3 Å². The van der Waals surface area contributed by atoms with Gasteiger partial charge in [0.25, 0.3) is 5.91 Å². The Balaban J connectivity index is 1.63. The molecule has 0 spiro atoms. The molecule has 31 heavy (non-hydrogen) atoms. The molecule has 2 aromatic carbocycles. The summed E-state index contributed by atoms with van der Waals surface area (Å²) in [6.45, 7) is 5.06. The summed E-state index contributed by atoms with van der Waals surface area (Å²) in [6, 6.07) is 12.4. The normalized spacial score (nSPS) is 14.9. The van der Waals surface area contributed by atoms with Crippen molar-refractivity contribution in [3.63, 3.8) is 0 Å². The monoisotopic (exact) mass is 440 g/mol. The summed E-state index contributed by atoms with van der Waals surface area (Å²) in [7, 11) is 0. The number of thiophene rings is 1. The molecule has 1 aliphatic heterocycles. The third-order valence-corrected chi connectivity index (χ3v) is 6.16. The summed E-state index contributed by atoms with van der Waals surface area (Å²) < 4.78 is 27.8. The van der Waals surface area contributed by atoms with Gasteiger partial charge in [-0.3, -0.25) is 9.59 Å². The smallest absolute Gasteiger partial charge is 0.266 e. The highest BCUT2D eigenvalue weighted by Crippen LogP contribution is 2.33. The van der Waals surface area contributed by atoms with Gasteiger partial charge in [-0.25, -0.2) is 8.78 Å². The number of rotatable bonds is 4. The largest absolute Gasteiger partial charge is 0.381 e. The lowest BCUT2D eigenvalue weighted by Crippen LogP contribution is -2.33. The molecule has 4 rings (SSSR count). The number of carbonyl (C=O) groups is 2. The zero-order valence-electron chi connectivity index (χ0n) is 17.0. The van der Waals surface area contributed by atoms with Crippen LogP contribution in [0.4, 0.5) is 14.5 Å². The van der Waals surface area contributed by atoms with Crippen molar-refractivity contribution < 1.29 is 23.2 Å². The van der Waals surface area contributed by atoms with E-state index in [1.807, 2.05) is 12.1 Å². The Kier molecular flexibility index (Phi) is 5.18. The second kappa shape index (κ2) is 7.70. The van der Waals surface area contributed by atoms with Gasteiger partial charge in [0, 0.05) is 10.4 Å². The fourth-order valence-corrected chi connectivity index (χ4v) is 4.23.